The van der Waals surface area contributed by atoms with Crippen LogP contribution in [0, 0.1) is 34.5 Å². The number of allylic oxidation sites excluding steroid dienone is 3. The van der Waals surface area contributed by atoms with Gasteiger partial charge in [-0.3, -0.25) is 0 Å². The second-order valence-corrected chi connectivity index (χ2v) is 8.85. The molecule has 4 rings (SSSR count). The smallest absolute Gasteiger partial charge is 0.0596 e. The first-order valence-electron chi connectivity index (χ1n) is 9.00. The van der Waals surface area contributed by atoms with E-state index in [1.165, 1.54) is 44.1 Å². The second kappa shape index (κ2) is 4.47. The maximum absolute atomic E-state index is 10.5. The molecule has 1 N–H and O–H groups in total. The predicted molar refractivity (Wildman–Crippen MR) is 86.8 cm³/mol. The highest BCUT2D eigenvalue weighted by Gasteiger charge is 2.59. The van der Waals surface area contributed by atoms with Crippen LogP contribution in [0.1, 0.15) is 58.8 Å². The summed E-state index contributed by atoms with van der Waals surface area (Å²) in [5.74, 6) is 3.26. The van der Waals surface area contributed by atoms with Crippen LogP contribution in [0.25, 0.3) is 0 Å². The molecule has 1 unspecified atom stereocenters. The molecule has 0 radical (unpaired) electrons. The first-order chi connectivity index (χ1) is 9.95. The van der Waals surface area contributed by atoms with Gasteiger partial charge in [-0.25, -0.2) is 0 Å². The van der Waals surface area contributed by atoms with Crippen LogP contribution in [0.2, 0.25) is 0 Å². The molecule has 0 heterocycles. The Hall–Kier alpha value is -0.560. The van der Waals surface area contributed by atoms with Crippen LogP contribution in [0.15, 0.2) is 24.3 Å². The highest BCUT2D eigenvalue weighted by Crippen LogP contribution is 2.65. The minimum absolute atomic E-state index is 0.0457. The predicted octanol–water partition coefficient (Wildman–Crippen LogP) is 4.72. The largest absolute Gasteiger partial charge is 0.393 e. The summed E-state index contributed by atoms with van der Waals surface area (Å²) in [5.41, 5.74) is 1.93. The van der Waals surface area contributed by atoms with Crippen molar-refractivity contribution in [2.45, 2.75) is 64.9 Å². The van der Waals surface area contributed by atoms with Gasteiger partial charge in [0.1, 0.15) is 0 Å². The highest BCUT2D eigenvalue weighted by atomic mass is 16.3. The molecule has 21 heavy (non-hydrogen) atoms. The van der Waals surface area contributed by atoms with Crippen molar-refractivity contribution >= 4 is 0 Å². The van der Waals surface area contributed by atoms with Crippen LogP contribution < -0.4 is 0 Å². The molecule has 0 spiro atoms. The van der Waals surface area contributed by atoms with E-state index in [0.717, 1.165) is 30.1 Å². The summed E-state index contributed by atoms with van der Waals surface area (Å²) in [6, 6.07) is 0. The van der Waals surface area contributed by atoms with Crippen molar-refractivity contribution in [3.8, 4) is 0 Å². The standard InChI is InChI=1S/C20H30O/c1-13-8-10-19(2)14(12-13)4-5-15-16-6-7-18(21)20(16,3)11-9-17(15)19/h8,10,14-18,21H,1,4-7,9,11-12H2,2-3H3/t14?,15-,16-,17-,18-,19-,20-/m0/s1. The van der Waals surface area contributed by atoms with Gasteiger partial charge in [0.05, 0.1) is 6.10 Å². The van der Waals surface area contributed by atoms with Crippen molar-refractivity contribution < 1.29 is 5.11 Å². The molecule has 116 valence electrons. The molecule has 4 aliphatic carbocycles. The molecule has 0 saturated heterocycles. The van der Waals surface area contributed by atoms with Crippen LogP contribution in [0.5, 0.6) is 0 Å². The second-order valence-electron chi connectivity index (χ2n) is 8.85. The van der Waals surface area contributed by atoms with Crippen LogP contribution >= 0.6 is 0 Å². The van der Waals surface area contributed by atoms with Gasteiger partial charge in [0.15, 0.2) is 0 Å². The zero-order valence-corrected chi connectivity index (χ0v) is 13.6. The van der Waals surface area contributed by atoms with E-state index in [1.54, 1.807) is 0 Å². The van der Waals surface area contributed by atoms with Crippen LogP contribution in [0.4, 0.5) is 0 Å². The van der Waals surface area contributed by atoms with Crippen molar-refractivity contribution in [2.75, 3.05) is 0 Å². The summed E-state index contributed by atoms with van der Waals surface area (Å²) >= 11 is 0. The lowest BCUT2D eigenvalue weighted by Crippen LogP contribution is -2.52. The van der Waals surface area contributed by atoms with E-state index >= 15 is 0 Å². The van der Waals surface area contributed by atoms with Gasteiger partial charge >= 0.3 is 0 Å². The van der Waals surface area contributed by atoms with Crippen molar-refractivity contribution in [3.05, 3.63) is 24.3 Å². The van der Waals surface area contributed by atoms with E-state index in [1.807, 2.05) is 0 Å². The fourth-order valence-electron chi connectivity index (χ4n) is 6.71. The summed E-state index contributed by atoms with van der Waals surface area (Å²) in [5, 5.41) is 10.5. The molecule has 1 heteroatoms. The molecule has 0 aromatic rings. The van der Waals surface area contributed by atoms with Crippen LogP contribution in [0.3, 0.4) is 0 Å². The monoisotopic (exact) mass is 286 g/mol. The number of aliphatic hydroxyl groups excluding tert-OH is 1. The molecule has 0 aromatic carbocycles. The quantitative estimate of drug-likeness (QED) is 0.683. The third kappa shape index (κ3) is 1.79. The van der Waals surface area contributed by atoms with E-state index in [2.05, 4.69) is 32.6 Å². The van der Waals surface area contributed by atoms with E-state index in [-0.39, 0.29) is 11.5 Å². The Morgan fingerprint density at radius 3 is 2.71 bits per heavy atom. The molecule has 0 bridgehead atoms. The van der Waals surface area contributed by atoms with Gasteiger partial charge in [-0.15, -0.1) is 0 Å². The highest BCUT2D eigenvalue weighted by molar-refractivity contribution is 5.26. The molecule has 1 nitrogen and oxygen atoms in total. The van der Waals surface area contributed by atoms with Crippen molar-refractivity contribution in [2.24, 2.45) is 34.5 Å². The Balaban J connectivity index is 1.68. The Kier molecular flexibility index (Phi) is 2.99. The van der Waals surface area contributed by atoms with Crippen molar-refractivity contribution in [1.82, 2.24) is 0 Å². The molecular weight excluding hydrogens is 256 g/mol. The molecule has 3 saturated carbocycles. The third-order valence-electron chi connectivity index (χ3n) is 8.10. The zero-order chi connectivity index (χ0) is 14.8. The first kappa shape index (κ1) is 14.1. The average Bonchev–Trinajstić information content (AvgIpc) is 2.76. The average molecular weight is 286 g/mol. The van der Waals surface area contributed by atoms with Crippen molar-refractivity contribution in [3.63, 3.8) is 0 Å². The maximum Gasteiger partial charge on any atom is 0.0596 e. The third-order valence-corrected chi connectivity index (χ3v) is 8.10. The van der Waals surface area contributed by atoms with Crippen LogP contribution in [-0.4, -0.2) is 11.2 Å². The normalized spacial score (nSPS) is 55.8. The van der Waals surface area contributed by atoms with E-state index in [9.17, 15) is 5.11 Å². The summed E-state index contributed by atoms with van der Waals surface area (Å²) < 4.78 is 0. The number of hydrogen-bond acceptors (Lipinski definition) is 1. The van der Waals surface area contributed by atoms with Gasteiger partial charge in [-0.05, 0) is 79.4 Å². The Bertz CT molecular complexity index is 492. The van der Waals surface area contributed by atoms with Crippen LogP contribution in [-0.2, 0) is 0 Å². The van der Waals surface area contributed by atoms with E-state index in [0.29, 0.717) is 5.41 Å². The summed E-state index contributed by atoms with van der Waals surface area (Å²) in [6.07, 6.45) is 13.6. The van der Waals surface area contributed by atoms with E-state index in [4.69, 9.17) is 0 Å². The van der Waals surface area contributed by atoms with Gasteiger partial charge in [-0.2, -0.15) is 0 Å². The molecule has 3 fully saturated rings. The topological polar surface area (TPSA) is 20.2 Å². The number of hydrogen-bond donors (Lipinski definition) is 1. The maximum atomic E-state index is 10.5. The van der Waals surface area contributed by atoms with Gasteiger partial charge in [0.2, 0.25) is 0 Å². The Labute approximate surface area is 129 Å². The number of fused-ring (bicyclic) bond motifs is 5. The number of aliphatic hydroxyl groups is 1. The lowest BCUT2D eigenvalue weighted by molar-refractivity contribution is -0.0926. The molecule has 0 aliphatic heterocycles. The van der Waals surface area contributed by atoms with Gasteiger partial charge in [0.25, 0.3) is 0 Å². The van der Waals surface area contributed by atoms with Crippen molar-refractivity contribution in [1.29, 1.82) is 0 Å². The zero-order valence-electron chi connectivity index (χ0n) is 13.6. The molecule has 4 aliphatic rings. The number of rotatable bonds is 0. The Morgan fingerprint density at radius 2 is 1.90 bits per heavy atom. The summed E-state index contributed by atoms with van der Waals surface area (Å²) in [4.78, 5) is 0. The molecule has 0 aromatic heterocycles. The minimum atomic E-state index is -0.0457. The molecule has 0 amide bonds. The molecule has 7 atom stereocenters. The minimum Gasteiger partial charge on any atom is -0.393 e. The first-order valence-corrected chi connectivity index (χ1v) is 9.00. The van der Waals surface area contributed by atoms with Gasteiger partial charge < -0.3 is 5.11 Å². The molecular formula is C20H30O. The fourth-order valence-corrected chi connectivity index (χ4v) is 6.71. The summed E-state index contributed by atoms with van der Waals surface area (Å²) in [6.45, 7) is 9.09. The Morgan fingerprint density at radius 1 is 1.10 bits per heavy atom. The summed E-state index contributed by atoms with van der Waals surface area (Å²) in [7, 11) is 0. The fraction of sp³-hybridized carbons (Fsp3) is 0.800. The van der Waals surface area contributed by atoms with E-state index < -0.39 is 0 Å². The lowest BCUT2D eigenvalue weighted by atomic mass is 9.46. The lowest BCUT2D eigenvalue weighted by Gasteiger charge is -2.58. The van der Waals surface area contributed by atoms with Gasteiger partial charge in [-0.1, -0.05) is 38.2 Å². The van der Waals surface area contributed by atoms with Gasteiger partial charge in [0, 0.05) is 0 Å². The SMILES string of the molecule is C=C1C=C[C@@]2(C)C(CC[C@H]3[C@@H]4CC[C@H](O)[C@@]4(C)CC[C@@H]32)C1.